The Morgan fingerprint density at radius 3 is 2.96 bits per heavy atom. The summed E-state index contributed by atoms with van der Waals surface area (Å²) in [5.74, 6) is 1.17. The van der Waals surface area contributed by atoms with Crippen LogP contribution in [0.3, 0.4) is 0 Å². The van der Waals surface area contributed by atoms with Gasteiger partial charge in [-0.1, -0.05) is 6.92 Å². The molecule has 2 heterocycles. The van der Waals surface area contributed by atoms with Gasteiger partial charge in [0.1, 0.15) is 0 Å². The Bertz CT molecular complexity index is 552. The average molecular weight is 493 g/mol. The van der Waals surface area contributed by atoms with Gasteiger partial charge in [-0.3, -0.25) is 9.79 Å². The molecular weight excluding hydrogens is 461 g/mol. The first-order valence-corrected chi connectivity index (χ1v) is 10.0. The lowest BCUT2D eigenvalue weighted by molar-refractivity contribution is -0.123. The van der Waals surface area contributed by atoms with E-state index < -0.39 is 0 Å². The summed E-state index contributed by atoms with van der Waals surface area (Å²) >= 11 is 1.73. The lowest BCUT2D eigenvalue weighted by Gasteiger charge is -2.31. The van der Waals surface area contributed by atoms with Gasteiger partial charge in [0.05, 0.1) is 5.92 Å². The Morgan fingerprint density at radius 2 is 2.31 bits per heavy atom. The molecule has 8 heteroatoms. The zero-order chi connectivity index (χ0) is 18.1. The third kappa shape index (κ3) is 7.79. The predicted molar refractivity (Wildman–Crippen MR) is 120 cm³/mol. The molecule has 0 saturated carbocycles. The number of piperidine rings is 1. The zero-order valence-corrected chi connectivity index (χ0v) is 18.9. The highest BCUT2D eigenvalue weighted by atomic mass is 127. The topological polar surface area (TPSA) is 82.8 Å². The molecule has 1 fully saturated rings. The molecule has 4 N–H and O–H groups in total. The third-order valence-electron chi connectivity index (χ3n) is 4.76. The van der Waals surface area contributed by atoms with Crippen molar-refractivity contribution < 1.29 is 4.79 Å². The van der Waals surface area contributed by atoms with Gasteiger partial charge in [0.2, 0.25) is 5.91 Å². The molecule has 6 nitrogen and oxygen atoms in total. The van der Waals surface area contributed by atoms with Gasteiger partial charge in [-0.15, -0.1) is 24.0 Å². The summed E-state index contributed by atoms with van der Waals surface area (Å²) in [5.41, 5.74) is 6.80. The number of hydrogen-bond acceptors (Lipinski definition) is 4. The normalized spacial score (nSPS) is 19.5. The molecular formula is C18H32IN5OS. The van der Waals surface area contributed by atoms with Crippen molar-refractivity contribution in [2.24, 2.45) is 16.6 Å². The molecule has 1 aliphatic heterocycles. The number of carbonyl (C=O) groups is 1. The van der Waals surface area contributed by atoms with Crippen LogP contribution in [-0.4, -0.2) is 56.5 Å². The smallest absolute Gasteiger partial charge is 0.221 e. The number of halogens is 1. The van der Waals surface area contributed by atoms with Gasteiger partial charge >= 0.3 is 0 Å². The summed E-state index contributed by atoms with van der Waals surface area (Å²) in [4.78, 5) is 18.0. The zero-order valence-electron chi connectivity index (χ0n) is 15.7. The van der Waals surface area contributed by atoms with Crippen LogP contribution in [0.2, 0.25) is 0 Å². The maximum absolute atomic E-state index is 11.3. The van der Waals surface area contributed by atoms with E-state index in [0.717, 1.165) is 57.9 Å². The van der Waals surface area contributed by atoms with E-state index in [1.807, 2.05) is 0 Å². The fraction of sp³-hybridized carbons (Fsp3) is 0.667. The van der Waals surface area contributed by atoms with Crippen LogP contribution in [0.25, 0.3) is 0 Å². The first-order chi connectivity index (χ1) is 12.1. The first kappa shape index (κ1) is 23.2. The van der Waals surface area contributed by atoms with Crippen molar-refractivity contribution in [3.8, 4) is 0 Å². The maximum Gasteiger partial charge on any atom is 0.221 e. The molecule has 2 unspecified atom stereocenters. The number of carbonyl (C=O) groups excluding carboxylic acids is 1. The minimum absolute atomic E-state index is 0. The number of aliphatic imine (C=N–C) groups is 1. The van der Waals surface area contributed by atoms with Gasteiger partial charge in [-0.05, 0) is 60.7 Å². The molecule has 2 atom stereocenters. The van der Waals surface area contributed by atoms with Crippen molar-refractivity contribution in [2.45, 2.75) is 32.1 Å². The van der Waals surface area contributed by atoms with Gasteiger partial charge in [-0.25, -0.2) is 0 Å². The Hall–Kier alpha value is -0.870. The number of guanidine groups is 1. The van der Waals surface area contributed by atoms with Gasteiger partial charge in [-0.2, -0.15) is 11.3 Å². The number of amides is 1. The van der Waals surface area contributed by atoms with Crippen molar-refractivity contribution >= 4 is 47.2 Å². The number of nitrogens with one attached hydrogen (secondary N) is 2. The minimum Gasteiger partial charge on any atom is -0.369 e. The predicted octanol–water partition coefficient (Wildman–Crippen LogP) is 2.22. The Labute approximate surface area is 178 Å². The van der Waals surface area contributed by atoms with Crippen LogP contribution in [0, 0.1) is 5.92 Å². The molecule has 2 rings (SSSR count). The molecule has 0 bridgehead atoms. The van der Waals surface area contributed by atoms with Gasteiger partial charge in [0, 0.05) is 26.7 Å². The molecule has 26 heavy (non-hydrogen) atoms. The monoisotopic (exact) mass is 493 g/mol. The van der Waals surface area contributed by atoms with Gasteiger partial charge < -0.3 is 21.3 Å². The summed E-state index contributed by atoms with van der Waals surface area (Å²) in [6.07, 6.45) is 3.01. The van der Waals surface area contributed by atoms with E-state index in [0.29, 0.717) is 5.92 Å². The molecule has 1 aromatic heterocycles. The summed E-state index contributed by atoms with van der Waals surface area (Å²) in [6, 6.07) is 2.17. The fourth-order valence-electron chi connectivity index (χ4n) is 3.14. The number of nitrogens with zero attached hydrogens (tertiary/aromatic N) is 2. The van der Waals surface area contributed by atoms with Crippen LogP contribution in [0.15, 0.2) is 21.8 Å². The number of rotatable bonds is 8. The molecule has 1 saturated heterocycles. The van der Waals surface area contributed by atoms with E-state index in [9.17, 15) is 4.79 Å². The maximum atomic E-state index is 11.3. The van der Waals surface area contributed by atoms with Crippen molar-refractivity contribution in [3.05, 3.63) is 22.4 Å². The SMILES string of the molecule is CN=C(NCCCN1CCCC(C(N)=O)C1)NCC(C)c1ccsc1.I. The van der Waals surface area contributed by atoms with Crippen molar-refractivity contribution in [1.82, 2.24) is 15.5 Å². The second-order valence-corrected chi connectivity index (χ2v) is 7.51. The van der Waals surface area contributed by atoms with Crippen molar-refractivity contribution in [1.29, 1.82) is 0 Å². The second-order valence-electron chi connectivity index (χ2n) is 6.73. The van der Waals surface area contributed by atoms with Crippen LogP contribution < -0.4 is 16.4 Å². The molecule has 1 aliphatic rings. The molecule has 148 valence electrons. The Morgan fingerprint density at radius 1 is 1.50 bits per heavy atom. The van der Waals surface area contributed by atoms with E-state index >= 15 is 0 Å². The van der Waals surface area contributed by atoms with Crippen LogP contribution in [0.5, 0.6) is 0 Å². The number of primary amides is 1. The molecule has 0 spiro atoms. The minimum atomic E-state index is -0.160. The lowest BCUT2D eigenvalue weighted by Crippen LogP contribution is -2.43. The average Bonchev–Trinajstić information content (AvgIpc) is 3.16. The molecule has 1 aromatic rings. The fourth-order valence-corrected chi connectivity index (χ4v) is 3.93. The largest absolute Gasteiger partial charge is 0.369 e. The van der Waals surface area contributed by atoms with Crippen molar-refractivity contribution in [2.75, 3.05) is 39.8 Å². The number of likely N-dealkylation sites (tertiary alicyclic amines) is 1. The highest BCUT2D eigenvalue weighted by molar-refractivity contribution is 14.0. The second kappa shape index (κ2) is 12.5. The number of hydrogen-bond donors (Lipinski definition) is 3. The molecule has 0 aromatic carbocycles. The van der Waals surface area contributed by atoms with Gasteiger partial charge in [0.15, 0.2) is 5.96 Å². The molecule has 1 amide bonds. The molecule has 0 aliphatic carbocycles. The number of thiophene rings is 1. The first-order valence-electron chi connectivity index (χ1n) is 9.08. The van der Waals surface area contributed by atoms with Crippen LogP contribution in [0.4, 0.5) is 0 Å². The van der Waals surface area contributed by atoms with Crippen LogP contribution in [-0.2, 0) is 4.79 Å². The van der Waals surface area contributed by atoms with Crippen molar-refractivity contribution in [3.63, 3.8) is 0 Å². The van der Waals surface area contributed by atoms with E-state index in [1.54, 1.807) is 18.4 Å². The van der Waals surface area contributed by atoms with Crippen LogP contribution in [0.1, 0.15) is 37.7 Å². The highest BCUT2D eigenvalue weighted by Crippen LogP contribution is 2.17. The quantitative estimate of drug-likeness (QED) is 0.225. The Kier molecular flexibility index (Phi) is 11.1. The van der Waals surface area contributed by atoms with E-state index in [-0.39, 0.29) is 35.8 Å². The summed E-state index contributed by atoms with van der Waals surface area (Å²) in [6.45, 7) is 6.80. The van der Waals surface area contributed by atoms with E-state index in [2.05, 4.69) is 44.3 Å². The molecule has 0 radical (unpaired) electrons. The van der Waals surface area contributed by atoms with Gasteiger partial charge in [0.25, 0.3) is 0 Å². The van der Waals surface area contributed by atoms with E-state index in [4.69, 9.17) is 5.73 Å². The Balaban J connectivity index is 0.00000338. The summed E-state index contributed by atoms with van der Waals surface area (Å²) in [5, 5.41) is 11.1. The third-order valence-corrected chi connectivity index (χ3v) is 5.46. The number of nitrogens with two attached hydrogens (primary N) is 1. The van der Waals surface area contributed by atoms with Crippen LogP contribution >= 0.6 is 35.3 Å². The summed E-state index contributed by atoms with van der Waals surface area (Å²) in [7, 11) is 1.80. The highest BCUT2D eigenvalue weighted by Gasteiger charge is 2.23. The lowest BCUT2D eigenvalue weighted by atomic mass is 9.97. The summed E-state index contributed by atoms with van der Waals surface area (Å²) < 4.78 is 0. The van der Waals surface area contributed by atoms with E-state index in [1.165, 1.54) is 5.56 Å². The standard InChI is InChI=1S/C18H31N5OS.HI/c1-14(16-6-10-25-13-16)11-22-18(20-2)21-7-4-9-23-8-3-5-15(12-23)17(19)24;/h6,10,13-15H,3-5,7-9,11-12H2,1-2H3,(H2,19,24)(H2,20,21,22);1H.